The monoisotopic (exact) mass is 540 g/mol. The number of amides is 1. The Kier molecular flexibility index (Phi) is 8.48. The van der Waals surface area contributed by atoms with E-state index in [4.69, 9.17) is 4.74 Å². The highest BCUT2D eigenvalue weighted by molar-refractivity contribution is 7.89. The number of nitrogens with zero attached hydrogens (tertiary/aromatic N) is 2. The molecule has 1 aliphatic heterocycles. The maximum Gasteiger partial charge on any atom is 0.253 e. The van der Waals surface area contributed by atoms with Crippen molar-refractivity contribution in [3.05, 3.63) is 59.7 Å². The molecule has 1 aliphatic carbocycles. The van der Waals surface area contributed by atoms with Gasteiger partial charge in [-0.2, -0.15) is 4.31 Å². The highest BCUT2D eigenvalue weighted by Crippen LogP contribution is 2.34. The molecule has 38 heavy (non-hydrogen) atoms. The Morgan fingerprint density at radius 3 is 2.55 bits per heavy atom. The van der Waals surface area contributed by atoms with Gasteiger partial charge >= 0.3 is 0 Å². The summed E-state index contributed by atoms with van der Waals surface area (Å²) in [6, 6.07) is 13.0. The van der Waals surface area contributed by atoms with Crippen molar-refractivity contribution in [1.82, 2.24) is 9.21 Å². The summed E-state index contributed by atoms with van der Waals surface area (Å²) in [6.07, 6.45) is 2.54. The van der Waals surface area contributed by atoms with Crippen molar-refractivity contribution in [3.8, 4) is 17.6 Å². The molecule has 0 bridgehead atoms. The van der Waals surface area contributed by atoms with Gasteiger partial charge in [0.2, 0.25) is 10.0 Å². The number of hydrogen-bond acceptors (Lipinski definition) is 6. The summed E-state index contributed by atoms with van der Waals surface area (Å²) in [7, 11) is -2.29. The zero-order valence-corrected chi connectivity index (χ0v) is 22.9. The molecule has 2 aliphatic rings. The molecule has 1 saturated carbocycles. The van der Waals surface area contributed by atoms with E-state index in [0.717, 1.165) is 12.8 Å². The van der Waals surface area contributed by atoms with Crippen molar-refractivity contribution in [1.29, 1.82) is 0 Å². The van der Waals surface area contributed by atoms with E-state index in [1.807, 2.05) is 13.0 Å². The van der Waals surface area contributed by atoms with Crippen LogP contribution in [0.2, 0.25) is 0 Å². The SMILES string of the molecule is C[C@H](CO)N1C[C@H](C)[C@@H](CN(C)C(=O)c2ccccc2)Oc2cc(C#CC3(O)CCCC3)ccc2S1(=O)=O. The quantitative estimate of drug-likeness (QED) is 0.565. The topological polar surface area (TPSA) is 107 Å². The number of ether oxygens (including phenoxy) is 1. The zero-order chi connectivity index (χ0) is 27.5. The van der Waals surface area contributed by atoms with Crippen molar-refractivity contribution in [2.24, 2.45) is 5.92 Å². The van der Waals surface area contributed by atoms with E-state index in [1.165, 1.54) is 10.4 Å². The lowest BCUT2D eigenvalue weighted by molar-refractivity contribution is 0.0563. The first-order valence-electron chi connectivity index (χ1n) is 13.0. The van der Waals surface area contributed by atoms with Gasteiger partial charge in [-0.05, 0) is 62.9 Å². The molecule has 1 fully saturated rings. The smallest absolute Gasteiger partial charge is 0.253 e. The normalized spacial score (nSPS) is 23.1. The number of aliphatic hydroxyl groups excluding tert-OH is 1. The van der Waals surface area contributed by atoms with Crippen molar-refractivity contribution < 1.29 is 28.2 Å². The molecule has 4 rings (SSSR count). The van der Waals surface area contributed by atoms with E-state index in [0.29, 0.717) is 24.0 Å². The lowest BCUT2D eigenvalue weighted by atomic mass is 10.0. The van der Waals surface area contributed by atoms with Crippen LogP contribution in [0.25, 0.3) is 0 Å². The van der Waals surface area contributed by atoms with E-state index in [1.54, 1.807) is 55.3 Å². The number of benzene rings is 2. The molecule has 1 heterocycles. The van der Waals surface area contributed by atoms with Crippen molar-refractivity contribution >= 4 is 15.9 Å². The molecule has 2 N–H and O–H groups in total. The van der Waals surface area contributed by atoms with Gasteiger partial charge in [0.25, 0.3) is 5.91 Å². The lowest BCUT2D eigenvalue weighted by Crippen LogP contribution is -2.50. The summed E-state index contributed by atoms with van der Waals surface area (Å²) in [5.74, 6) is 5.63. The second-order valence-electron chi connectivity index (χ2n) is 10.4. The molecule has 3 atom stereocenters. The molecule has 0 saturated heterocycles. The first-order valence-corrected chi connectivity index (χ1v) is 14.5. The van der Waals surface area contributed by atoms with Gasteiger partial charge in [0.1, 0.15) is 22.4 Å². The predicted octanol–water partition coefficient (Wildman–Crippen LogP) is 2.88. The first-order chi connectivity index (χ1) is 18.0. The van der Waals surface area contributed by atoms with Crippen molar-refractivity contribution in [2.75, 3.05) is 26.7 Å². The van der Waals surface area contributed by atoms with Crippen LogP contribution in [0.3, 0.4) is 0 Å². The summed E-state index contributed by atoms with van der Waals surface area (Å²) in [5.41, 5.74) is 0.0541. The molecule has 0 spiro atoms. The van der Waals surface area contributed by atoms with Crippen LogP contribution in [0.5, 0.6) is 5.75 Å². The number of hydrogen-bond donors (Lipinski definition) is 2. The molecule has 204 valence electrons. The highest BCUT2D eigenvalue weighted by atomic mass is 32.2. The molecular formula is C29H36N2O6S. The van der Waals surface area contributed by atoms with Gasteiger partial charge in [0.05, 0.1) is 13.2 Å². The molecule has 1 amide bonds. The molecule has 0 unspecified atom stereocenters. The molecule has 0 radical (unpaired) electrons. The third-order valence-corrected chi connectivity index (χ3v) is 9.38. The van der Waals surface area contributed by atoms with Gasteiger partial charge < -0.3 is 19.8 Å². The number of carbonyl (C=O) groups is 1. The standard InChI is InChI=1S/C29H36N2O6S/c1-21-18-31(22(2)20-32)38(35,36)27-12-11-23(13-16-29(34)14-7-8-15-29)17-25(27)37-26(21)19-30(3)28(33)24-9-5-4-6-10-24/h4-6,9-12,17,21-22,26,32,34H,7-8,14-15,18-20H2,1-3H3/t21-,22+,26+/m0/s1. The van der Waals surface area contributed by atoms with E-state index >= 15 is 0 Å². The van der Waals surface area contributed by atoms with Crippen LogP contribution in [-0.2, 0) is 10.0 Å². The summed E-state index contributed by atoms with van der Waals surface area (Å²) in [4.78, 5) is 14.6. The average molecular weight is 541 g/mol. The number of sulfonamides is 1. The van der Waals surface area contributed by atoms with Gasteiger partial charge in [-0.3, -0.25) is 4.79 Å². The van der Waals surface area contributed by atoms with Crippen LogP contribution in [0, 0.1) is 17.8 Å². The fourth-order valence-corrected chi connectivity index (χ4v) is 6.77. The Morgan fingerprint density at radius 1 is 1.21 bits per heavy atom. The van der Waals surface area contributed by atoms with E-state index in [9.17, 15) is 23.4 Å². The average Bonchev–Trinajstić information content (AvgIpc) is 3.35. The molecule has 2 aromatic rings. The van der Waals surface area contributed by atoms with Gasteiger partial charge in [-0.15, -0.1) is 0 Å². The number of carbonyl (C=O) groups excluding carboxylic acids is 1. The Bertz CT molecular complexity index is 1310. The summed E-state index contributed by atoms with van der Waals surface area (Å²) < 4.78 is 35.0. The summed E-state index contributed by atoms with van der Waals surface area (Å²) in [6.45, 7) is 3.56. The van der Waals surface area contributed by atoms with Gasteiger partial charge in [0.15, 0.2) is 0 Å². The van der Waals surface area contributed by atoms with Crippen LogP contribution in [0.1, 0.15) is 55.5 Å². The predicted molar refractivity (Wildman–Crippen MR) is 144 cm³/mol. The van der Waals surface area contributed by atoms with Gasteiger partial charge in [0, 0.05) is 36.7 Å². The molecule has 0 aromatic heterocycles. The van der Waals surface area contributed by atoms with Gasteiger partial charge in [-0.25, -0.2) is 8.42 Å². The molecule has 8 nitrogen and oxygen atoms in total. The van der Waals surface area contributed by atoms with E-state index in [2.05, 4.69) is 11.8 Å². The second-order valence-corrected chi connectivity index (χ2v) is 12.3. The maximum absolute atomic E-state index is 13.7. The van der Waals surface area contributed by atoms with Crippen LogP contribution < -0.4 is 4.74 Å². The van der Waals surface area contributed by atoms with Crippen molar-refractivity contribution in [2.45, 2.75) is 62.2 Å². The Balaban J connectivity index is 1.71. The minimum atomic E-state index is -3.99. The first kappa shape index (κ1) is 28.1. The maximum atomic E-state index is 13.7. The third kappa shape index (κ3) is 6.05. The minimum absolute atomic E-state index is 0.0168. The third-order valence-electron chi connectivity index (χ3n) is 7.36. The number of likely N-dealkylation sites (N-methyl/N-ethyl adjacent to an activating group) is 1. The van der Waals surface area contributed by atoms with Gasteiger partial charge in [-0.1, -0.05) is 37.0 Å². The highest BCUT2D eigenvalue weighted by Gasteiger charge is 2.38. The Labute approximate surface area is 225 Å². The lowest BCUT2D eigenvalue weighted by Gasteiger charge is -2.37. The minimum Gasteiger partial charge on any atom is -0.487 e. The molecule has 9 heteroatoms. The zero-order valence-electron chi connectivity index (χ0n) is 22.1. The Morgan fingerprint density at radius 2 is 1.89 bits per heavy atom. The number of rotatable bonds is 5. The largest absolute Gasteiger partial charge is 0.487 e. The second kappa shape index (κ2) is 11.5. The Hall–Kier alpha value is -2.90. The molecular weight excluding hydrogens is 504 g/mol. The van der Waals surface area contributed by atoms with E-state index in [-0.39, 0.29) is 42.2 Å². The summed E-state index contributed by atoms with van der Waals surface area (Å²) >= 11 is 0. The number of fused-ring (bicyclic) bond motifs is 1. The number of aliphatic hydroxyl groups is 2. The van der Waals surface area contributed by atoms with Crippen LogP contribution in [0.15, 0.2) is 53.4 Å². The summed E-state index contributed by atoms with van der Waals surface area (Å²) in [5, 5.41) is 20.5. The fraction of sp³-hybridized carbons (Fsp3) is 0.483. The fourth-order valence-electron chi connectivity index (χ4n) is 4.95. The van der Waals surface area contributed by atoms with Crippen LogP contribution in [0.4, 0.5) is 0 Å². The van der Waals surface area contributed by atoms with Crippen LogP contribution in [-0.4, -0.2) is 78.2 Å². The van der Waals surface area contributed by atoms with Crippen molar-refractivity contribution in [3.63, 3.8) is 0 Å². The van der Waals surface area contributed by atoms with E-state index < -0.39 is 27.8 Å². The molecule has 2 aromatic carbocycles. The van der Waals surface area contributed by atoms with Crippen LogP contribution >= 0.6 is 0 Å².